The third-order valence-corrected chi connectivity index (χ3v) is 5.28. The maximum atomic E-state index is 5.77. The smallest absolute Gasteiger partial charge is 0.110 e. The van der Waals surface area contributed by atoms with Gasteiger partial charge in [0.15, 0.2) is 0 Å². The molecule has 4 heteroatoms. The van der Waals surface area contributed by atoms with E-state index in [2.05, 4.69) is 28.1 Å². The lowest BCUT2D eigenvalue weighted by Crippen LogP contribution is -2.39. The molecular weight excluding hydrogens is 236 g/mol. The number of hydrogen-bond acceptors (Lipinski definition) is 3. The Kier molecular flexibility index (Phi) is 3.89. The van der Waals surface area contributed by atoms with E-state index in [1.165, 1.54) is 32.1 Å². The first-order chi connectivity index (χ1) is 9.30. The number of fused-ring (bicyclic) bond motifs is 2. The average Bonchev–Trinajstić information content (AvgIpc) is 3.13. The number of nitrogens with one attached hydrogen (secondary N) is 1. The van der Waals surface area contributed by atoms with Crippen molar-refractivity contribution in [1.29, 1.82) is 0 Å². The molecule has 106 valence electrons. The van der Waals surface area contributed by atoms with Gasteiger partial charge in [-0.3, -0.25) is 11.3 Å². The fraction of sp³-hybridized carbons (Fsp3) is 0.800. The number of nitrogens with two attached hydrogens (primary N) is 1. The van der Waals surface area contributed by atoms with Crippen LogP contribution in [0.25, 0.3) is 0 Å². The number of hydrazine groups is 1. The van der Waals surface area contributed by atoms with Gasteiger partial charge in [-0.05, 0) is 50.4 Å². The summed E-state index contributed by atoms with van der Waals surface area (Å²) in [6, 6.07) is 0.372. The Morgan fingerprint density at radius 1 is 1.47 bits per heavy atom. The number of nitrogens with zero attached hydrogens (tertiary/aromatic N) is 2. The van der Waals surface area contributed by atoms with E-state index in [1.807, 2.05) is 6.20 Å². The highest BCUT2D eigenvalue weighted by Gasteiger charge is 2.40. The molecule has 2 aliphatic rings. The second kappa shape index (κ2) is 5.63. The summed E-state index contributed by atoms with van der Waals surface area (Å²) < 4.78 is 2.21. The fourth-order valence-electron chi connectivity index (χ4n) is 4.28. The quantitative estimate of drug-likeness (QED) is 0.610. The van der Waals surface area contributed by atoms with Gasteiger partial charge in [-0.2, -0.15) is 0 Å². The first kappa shape index (κ1) is 13.1. The SMILES string of the molecule is CCn1ccnc1CC(CC1CC2CCC1C2)NN. The molecule has 0 saturated heterocycles. The zero-order valence-electron chi connectivity index (χ0n) is 11.9. The molecule has 0 spiro atoms. The molecule has 3 rings (SSSR count). The molecule has 0 radical (unpaired) electrons. The van der Waals surface area contributed by atoms with E-state index in [9.17, 15) is 0 Å². The van der Waals surface area contributed by atoms with Gasteiger partial charge in [0, 0.05) is 31.4 Å². The number of imidazole rings is 1. The van der Waals surface area contributed by atoms with Crippen molar-refractivity contribution >= 4 is 0 Å². The second-order valence-electron chi connectivity index (χ2n) is 6.37. The van der Waals surface area contributed by atoms with Crippen LogP contribution >= 0.6 is 0 Å². The van der Waals surface area contributed by atoms with Gasteiger partial charge in [0.2, 0.25) is 0 Å². The lowest BCUT2D eigenvalue weighted by atomic mass is 9.83. The van der Waals surface area contributed by atoms with Crippen LogP contribution in [0.2, 0.25) is 0 Å². The van der Waals surface area contributed by atoms with Crippen LogP contribution in [-0.4, -0.2) is 15.6 Å². The minimum absolute atomic E-state index is 0.372. The summed E-state index contributed by atoms with van der Waals surface area (Å²) in [6.07, 6.45) is 12.0. The van der Waals surface area contributed by atoms with Crippen LogP contribution in [0.3, 0.4) is 0 Å². The molecule has 19 heavy (non-hydrogen) atoms. The van der Waals surface area contributed by atoms with Crippen LogP contribution in [0.1, 0.15) is 44.9 Å². The molecule has 1 aromatic rings. The van der Waals surface area contributed by atoms with Gasteiger partial charge in [0.25, 0.3) is 0 Å². The molecule has 4 atom stereocenters. The van der Waals surface area contributed by atoms with Crippen LogP contribution in [-0.2, 0) is 13.0 Å². The Balaban J connectivity index is 1.59. The van der Waals surface area contributed by atoms with Crippen molar-refractivity contribution in [1.82, 2.24) is 15.0 Å². The van der Waals surface area contributed by atoms with Crippen LogP contribution in [0.15, 0.2) is 12.4 Å². The fourth-order valence-corrected chi connectivity index (χ4v) is 4.28. The Morgan fingerprint density at radius 3 is 3.00 bits per heavy atom. The van der Waals surface area contributed by atoms with E-state index < -0.39 is 0 Å². The van der Waals surface area contributed by atoms with Crippen LogP contribution in [0.4, 0.5) is 0 Å². The van der Waals surface area contributed by atoms with Crippen molar-refractivity contribution in [3.8, 4) is 0 Å². The van der Waals surface area contributed by atoms with E-state index in [4.69, 9.17) is 5.84 Å². The third-order valence-electron chi connectivity index (χ3n) is 5.28. The first-order valence-corrected chi connectivity index (χ1v) is 7.76. The molecule has 0 aromatic carbocycles. The van der Waals surface area contributed by atoms with E-state index in [1.54, 1.807) is 0 Å². The molecule has 2 aliphatic carbocycles. The second-order valence-corrected chi connectivity index (χ2v) is 6.37. The zero-order valence-corrected chi connectivity index (χ0v) is 11.9. The summed E-state index contributed by atoms with van der Waals surface area (Å²) in [5, 5.41) is 0. The summed E-state index contributed by atoms with van der Waals surface area (Å²) in [7, 11) is 0. The van der Waals surface area contributed by atoms with Gasteiger partial charge in [-0.25, -0.2) is 4.98 Å². The van der Waals surface area contributed by atoms with Crippen molar-refractivity contribution in [2.45, 2.75) is 58.0 Å². The minimum Gasteiger partial charge on any atom is -0.335 e. The predicted molar refractivity (Wildman–Crippen MR) is 76.3 cm³/mol. The Morgan fingerprint density at radius 2 is 2.37 bits per heavy atom. The highest BCUT2D eigenvalue weighted by Crippen LogP contribution is 2.49. The van der Waals surface area contributed by atoms with E-state index in [-0.39, 0.29) is 0 Å². The van der Waals surface area contributed by atoms with E-state index in [0.717, 1.165) is 36.5 Å². The molecule has 3 N–H and O–H groups in total. The summed E-state index contributed by atoms with van der Waals surface area (Å²) in [5.74, 6) is 9.82. The third kappa shape index (κ3) is 2.70. The predicted octanol–water partition coefficient (Wildman–Crippen LogP) is 2.10. The molecule has 4 unspecified atom stereocenters. The summed E-state index contributed by atoms with van der Waals surface area (Å²) >= 11 is 0. The van der Waals surface area contributed by atoms with Crippen molar-refractivity contribution in [3.63, 3.8) is 0 Å². The molecular formula is C15H26N4. The number of aryl methyl sites for hydroxylation is 1. The van der Waals surface area contributed by atoms with Crippen molar-refractivity contribution < 1.29 is 0 Å². The normalized spacial score (nSPS) is 30.9. The maximum absolute atomic E-state index is 5.77. The lowest BCUT2D eigenvalue weighted by molar-refractivity contribution is 0.275. The van der Waals surface area contributed by atoms with E-state index in [0.29, 0.717) is 6.04 Å². The van der Waals surface area contributed by atoms with Gasteiger partial charge < -0.3 is 4.57 Å². The average molecular weight is 262 g/mol. The van der Waals surface area contributed by atoms with Crippen LogP contribution in [0.5, 0.6) is 0 Å². The number of aromatic nitrogens is 2. The Hall–Kier alpha value is -0.870. The molecule has 1 heterocycles. The van der Waals surface area contributed by atoms with Crippen molar-refractivity contribution in [2.24, 2.45) is 23.6 Å². The van der Waals surface area contributed by atoms with Crippen molar-refractivity contribution in [3.05, 3.63) is 18.2 Å². The molecule has 0 aliphatic heterocycles. The minimum atomic E-state index is 0.372. The first-order valence-electron chi connectivity index (χ1n) is 7.76. The molecule has 1 aromatic heterocycles. The molecule has 4 nitrogen and oxygen atoms in total. The summed E-state index contributed by atoms with van der Waals surface area (Å²) in [6.45, 7) is 3.15. The number of rotatable bonds is 6. The van der Waals surface area contributed by atoms with Crippen LogP contribution < -0.4 is 11.3 Å². The molecule has 0 amide bonds. The summed E-state index contributed by atoms with van der Waals surface area (Å²) in [5.41, 5.74) is 3.02. The van der Waals surface area contributed by atoms with Crippen LogP contribution in [0, 0.1) is 17.8 Å². The Bertz CT molecular complexity index is 414. The molecule has 2 fully saturated rings. The summed E-state index contributed by atoms with van der Waals surface area (Å²) in [4.78, 5) is 4.46. The van der Waals surface area contributed by atoms with Crippen molar-refractivity contribution in [2.75, 3.05) is 0 Å². The topological polar surface area (TPSA) is 55.9 Å². The van der Waals surface area contributed by atoms with Gasteiger partial charge in [-0.15, -0.1) is 0 Å². The highest BCUT2D eigenvalue weighted by molar-refractivity contribution is 4.97. The van der Waals surface area contributed by atoms with Gasteiger partial charge >= 0.3 is 0 Å². The molecule has 2 saturated carbocycles. The largest absolute Gasteiger partial charge is 0.335 e. The monoisotopic (exact) mass is 262 g/mol. The zero-order chi connectivity index (χ0) is 13.2. The van der Waals surface area contributed by atoms with Gasteiger partial charge in [-0.1, -0.05) is 6.42 Å². The maximum Gasteiger partial charge on any atom is 0.110 e. The van der Waals surface area contributed by atoms with E-state index >= 15 is 0 Å². The lowest BCUT2D eigenvalue weighted by Gasteiger charge is -2.26. The van der Waals surface area contributed by atoms with Gasteiger partial charge in [0.1, 0.15) is 5.82 Å². The Labute approximate surface area is 115 Å². The number of hydrogen-bond donors (Lipinski definition) is 2. The standard InChI is InChI=1S/C15H26N4/c1-2-19-6-5-17-15(19)10-14(18-16)9-13-8-11-3-4-12(13)7-11/h5-6,11-14,18H,2-4,7-10,16H2,1H3. The van der Waals surface area contributed by atoms with Gasteiger partial charge in [0.05, 0.1) is 0 Å². The molecule has 2 bridgehead atoms. The highest BCUT2D eigenvalue weighted by atomic mass is 15.2.